The van der Waals surface area contributed by atoms with Crippen molar-refractivity contribution in [1.29, 1.82) is 0 Å². The van der Waals surface area contributed by atoms with Crippen LogP contribution in [-0.2, 0) is 9.59 Å². The van der Waals surface area contributed by atoms with Crippen LogP contribution in [0.3, 0.4) is 0 Å². The first kappa shape index (κ1) is 17.0. The van der Waals surface area contributed by atoms with E-state index in [1.807, 2.05) is 0 Å². The van der Waals surface area contributed by atoms with E-state index in [-0.39, 0.29) is 5.56 Å². The van der Waals surface area contributed by atoms with Crippen molar-refractivity contribution in [3.8, 4) is 0 Å². The number of aryl methyl sites for hydroxylation is 1. The standard InChI is InChI=1S/C15H22N4O4/c1-3-4-5-6-7-9(10-8(2)18-19-14(10)22)11-12(20)16-15(23)17-13(11)21/h9,11H,3-7H2,1-2H3,(H2,18,19,22)(H2,16,17,20,21,23). The van der Waals surface area contributed by atoms with Crippen LogP contribution in [0.2, 0.25) is 0 Å². The largest absolute Gasteiger partial charge is 0.328 e. The second-order valence-corrected chi connectivity index (χ2v) is 5.86. The van der Waals surface area contributed by atoms with E-state index >= 15 is 0 Å². The quantitative estimate of drug-likeness (QED) is 0.442. The van der Waals surface area contributed by atoms with E-state index in [1.165, 1.54) is 0 Å². The first-order valence-electron chi connectivity index (χ1n) is 7.88. The van der Waals surface area contributed by atoms with Crippen LogP contribution in [0.15, 0.2) is 4.79 Å². The third kappa shape index (κ3) is 3.69. The fourth-order valence-corrected chi connectivity index (χ4v) is 3.07. The Kier molecular flexibility index (Phi) is 5.36. The number of rotatable bonds is 7. The summed E-state index contributed by atoms with van der Waals surface area (Å²) in [6.07, 6.45) is 4.41. The van der Waals surface area contributed by atoms with Gasteiger partial charge in [0.05, 0.1) is 0 Å². The second kappa shape index (κ2) is 7.26. The lowest BCUT2D eigenvalue weighted by atomic mass is 9.80. The van der Waals surface area contributed by atoms with Crippen molar-refractivity contribution < 1.29 is 14.4 Å². The number of carbonyl (C=O) groups excluding carboxylic acids is 3. The number of hydrogen-bond donors (Lipinski definition) is 4. The van der Waals surface area contributed by atoms with Gasteiger partial charge in [0.25, 0.3) is 5.56 Å². The van der Waals surface area contributed by atoms with Crippen molar-refractivity contribution >= 4 is 17.8 Å². The van der Waals surface area contributed by atoms with Crippen LogP contribution in [0.1, 0.15) is 56.2 Å². The molecule has 0 saturated carbocycles. The van der Waals surface area contributed by atoms with Gasteiger partial charge in [-0.15, -0.1) is 0 Å². The molecule has 1 atom stereocenters. The number of H-pyrrole nitrogens is 2. The van der Waals surface area contributed by atoms with Crippen molar-refractivity contribution in [2.45, 2.75) is 51.9 Å². The molecule has 2 heterocycles. The maximum absolute atomic E-state index is 12.1. The zero-order chi connectivity index (χ0) is 17.0. The lowest BCUT2D eigenvalue weighted by Crippen LogP contribution is -2.57. The summed E-state index contributed by atoms with van der Waals surface area (Å²) >= 11 is 0. The molecule has 0 radical (unpaired) electrons. The number of aromatic amines is 2. The summed E-state index contributed by atoms with van der Waals surface area (Å²) in [6, 6.07) is -0.819. The zero-order valence-corrected chi connectivity index (χ0v) is 13.3. The van der Waals surface area contributed by atoms with E-state index in [0.29, 0.717) is 17.7 Å². The summed E-state index contributed by atoms with van der Waals surface area (Å²) in [4.78, 5) is 47.6. The maximum atomic E-state index is 12.1. The topological polar surface area (TPSA) is 124 Å². The molecular formula is C15H22N4O4. The minimum absolute atomic E-state index is 0.333. The fourth-order valence-electron chi connectivity index (χ4n) is 3.07. The number of nitrogens with one attached hydrogen (secondary N) is 4. The molecule has 8 nitrogen and oxygen atoms in total. The number of unbranched alkanes of at least 4 members (excludes halogenated alkanes) is 3. The van der Waals surface area contributed by atoms with Crippen LogP contribution in [0, 0.1) is 12.8 Å². The summed E-state index contributed by atoms with van der Waals surface area (Å²) in [7, 11) is 0. The number of amides is 4. The smallest absolute Gasteiger partial charge is 0.302 e. The van der Waals surface area contributed by atoms with Crippen LogP contribution < -0.4 is 16.2 Å². The number of aromatic nitrogens is 2. The lowest BCUT2D eigenvalue weighted by molar-refractivity contribution is -0.137. The van der Waals surface area contributed by atoms with E-state index in [1.54, 1.807) is 6.92 Å². The van der Waals surface area contributed by atoms with Gasteiger partial charge in [-0.05, 0) is 13.3 Å². The third-order valence-corrected chi connectivity index (χ3v) is 4.19. The monoisotopic (exact) mass is 322 g/mol. The molecule has 4 amide bonds. The first-order valence-corrected chi connectivity index (χ1v) is 7.88. The predicted octanol–water partition coefficient (Wildman–Crippen LogP) is 1.05. The van der Waals surface area contributed by atoms with Crippen LogP contribution in [-0.4, -0.2) is 28.0 Å². The Labute approximate surface area is 133 Å². The van der Waals surface area contributed by atoms with E-state index in [0.717, 1.165) is 25.7 Å². The SMILES string of the molecule is CCCCCCC(c1c(C)[nH][nH]c1=O)C1C(=O)NC(=O)NC1=O. The predicted molar refractivity (Wildman–Crippen MR) is 82.8 cm³/mol. The van der Waals surface area contributed by atoms with Crippen molar-refractivity contribution in [3.05, 3.63) is 21.6 Å². The Bertz CT molecular complexity index is 641. The maximum Gasteiger partial charge on any atom is 0.328 e. The minimum Gasteiger partial charge on any atom is -0.302 e. The van der Waals surface area contributed by atoms with Gasteiger partial charge in [-0.2, -0.15) is 0 Å². The molecule has 126 valence electrons. The molecule has 8 heteroatoms. The number of imide groups is 2. The zero-order valence-electron chi connectivity index (χ0n) is 13.3. The molecule has 1 aromatic heterocycles. The van der Waals surface area contributed by atoms with E-state index < -0.39 is 29.7 Å². The van der Waals surface area contributed by atoms with Gasteiger partial charge in [-0.25, -0.2) is 4.79 Å². The molecule has 1 aliphatic heterocycles. The van der Waals surface area contributed by atoms with Gasteiger partial charge >= 0.3 is 6.03 Å². The highest BCUT2D eigenvalue weighted by atomic mass is 16.2. The molecule has 1 fully saturated rings. The fraction of sp³-hybridized carbons (Fsp3) is 0.600. The normalized spacial score (nSPS) is 17.0. The Morgan fingerprint density at radius 1 is 0.957 bits per heavy atom. The molecule has 1 aromatic rings. The summed E-state index contributed by atoms with van der Waals surface area (Å²) in [5.41, 5.74) is 0.680. The van der Waals surface area contributed by atoms with Crippen LogP contribution in [0.4, 0.5) is 4.79 Å². The Hall–Kier alpha value is -2.38. The van der Waals surface area contributed by atoms with Gasteiger partial charge in [0.15, 0.2) is 0 Å². The average Bonchev–Trinajstić information content (AvgIpc) is 2.80. The molecular weight excluding hydrogens is 300 g/mol. The summed E-state index contributed by atoms with van der Waals surface area (Å²) < 4.78 is 0. The summed E-state index contributed by atoms with van der Waals surface area (Å²) in [5.74, 6) is -2.95. The van der Waals surface area contributed by atoms with Crippen LogP contribution >= 0.6 is 0 Å². The van der Waals surface area contributed by atoms with E-state index in [9.17, 15) is 19.2 Å². The molecule has 0 spiro atoms. The molecule has 0 aromatic carbocycles. The molecule has 1 aliphatic rings. The van der Waals surface area contributed by atoms with Gasteiger partial charge in [0.2, 0.25) is 11.8 Å². The minimum atomic E-state index is -1.08. The van der Waals surface area contributed by atoms with Crippen LogP contribution in [0.5, 0.6) is 0 Å². The van der Waals surface area contributed by atoms with Crippen LogP contribution in [0.25, 0.3) is 0 Å². The molecule has 0 aliphatic carbocycles. The van der Waals surface area contributed by atoms with Gasteiger partial charge in [0.1, 0.15) is 5.92 Å². The third-order valence-electron chi connectivity index (χ3n) is 4.19. The van der Waals surface area contributed by atoms with Gasteiger partial charge in [-0.1, -0.05) is 32.6 Å². The Morgan fingerprint density at radius 2 is 1.61 bits per heavy atom. The Morgan fingerprint density at radius 3 is 2.13 bits per heavy atom. The number of hydrogen-bond acceptors (Lipinski definition) is 4. The van der Waals surface area contributed by atoms with Gasteiger partial charge < -0.3 is 5.10 Å². The molecule has 2 rings (SSSR count). The van der Waals surface area contributed by atoms with E-state index in [2.05, 4.69) is 27.8 Å². The molecule has 0 bridgehead atoms. The second-order valence-electron chi connectivity index (χ2n) is 5.86. The molecule has 4 N–H and O–H groups in total. The number of urea groups is 1. The highest BCUT2D eigenvalue weighted by molar-refractivity contribution is 6.16. The van der Waals surface area contributed by atoms with Gasteiger partial charge in [0, 0.05) is 17.2 Å². The summed E-state index contributed by atoms with van der Waals surface area (Å²) in [6.45, 7) is 3.81. The molecule has 1 saturated heterocycles. The van der Waals surface area contributed by atoms with Crippen molar-refractivity contribution in [2.24, 2.45) is 5.92 Å². The highest BCUT2D eigenvalue weighted by Crippen LogP contribution is 2.31. The Balaban J connectivity index is 2.29. The van der Waals surface area contributed by atoms with Gasteiger partial charge in [-0.3, -0.25) is 30.1 Å². The number of carbonyl (C=O) groups is 3. The molecule has 23 heavy (non-hydrogen) atoms. The lowest BCUT2D eigenvalue weighted by Gasteiger charge is -2.27. The highest BCUT2D eigenvalue weighted by Gasteiger charge is 2.42. The van der Waals surface area contributed by atoms with E-state index in [4.69, 9.17) is 0 Å². The molecule has 1 unspecified atom stereocenters. The van der Waals surface area contributed by atoms with Crippen molar-refractivity contribution in [1.82, 2.24) is 20.8 Å². The number of barbiturate groups is 1. The first-order chi connectivity index (χ1) is 11.0. The van der Waals surface area contributed by atoms with Crippen molar-refractivity contribution in [2.75, 3.05) is 0 Å². The average molecular weight is 322 g/mol. The van der Waals surface area contributed by atoms with Crippen molar-refractivity contribution in [3.63, 3.8) is 0 Å². The summed E-state index contributed by atoms with van der Waals surface area (Å²) in [5, 5.41) is 9.44.